The normalized spacial score (nSPS) is 26.1. The van der Waals surface area contributed by atoms with Gasteiger partial charge in [0.15, 0.2) is 0 Å². The third-order valence-electron chi connectivity index (χ3n) is 3.84. The molecular formula is C16H23NO2. The van der Waals surface area contributed by atoms with Crippen molar-refractivity contribution in [3.05, 3.63) is 35.4 Å². The molecule has 0 amide bonds. The smallest absolute Gasteiger partial charge is 0.326 e. The number of rotatable bonds is 3. The van der Waals surface area contributed by atoms with Crippen molar-refractivity contribution >= 4 is 5.97 Å². The Balaban J connectivity index is 2.12. The quantitative estimate of drug-likeness (QED) is 0.851. The van der Waals surface area contributed by atoms with Gasteiger partial charge in [-0.15, -0.1) is 0 Å². The van der Waals surface area contributed by atoms with Crippen LogP contribution in [0.4, 0.5) is 0 Å². The Hall–Kier alpha value is -1.35. The average Bonchev–Trinajstić information content (AvgIpc) is 3.03. The average molecular weight is 261 g/mol. The zero-order chi connectivity index (χ0) is 14.3. The van der Waals surface area contributed by atoms with Crippen molar-refractivity contribution < 1.29 is 9.53 Å². The van der Waals surface area contributed by atoms with Gasteiger partial charge in [-0.05, 0) is 29.9 Å². The van der Waals surface area contributed by atoms with Crippen LogP contribution >= 0.6 is 0 Å². The molecule has 3 nitrogen and oxygen atoms in total. The number of nitrogens with two attached hydrogens (primary N) is 1. The molecule has 2 rings (SSSR count). The summed E-state index contributed by atoms with van der Waals surface area (Å²) >= 11 is 0. The maximum atomic E-state index is 11.8. The predicted octanol–water partition coefficient (Wildman–Crippen LogP) is 2.73. The molecule has 1 aromatic carbocycles. The fourth-order valence-corrected chi connectivity index (χ4v) is 2.40. The summed E-state index contributed by atoms with van der Waals surface area (Å²) in [5.74, 6) is -0.180. The zero-order valence-electron chi connectivity index (χ0n) is 12.2. The van der Waals surface area contributed by atoms with Gasteiger partial charge in [-0.25, -0.2) is 0 Å². The first-order valence-electron chi connectivity index (χ1n) is 6.85. The van der Waals surface area contributed by atoms with Crippen molar-refractivity contribution in [2.45, 2.75) is 51.0 Å². The van der Waals surface area contributed by atoms with Gasteiger partial charge in [0.25, 0.3) is 0 Å². The van der Waals surface area contributed by atoms with E-state index in [0.29, 0.717) is 13.0 Å². The Bertz CT molecular complexity index is 473. The lowest BCUT2D eigenvalue weighted by molar-refractivity contribution is -0.145. The molecule has 1 aliphatic carbocycles. The maximum Gasteiger partial charge on any atom is 0.326 e. The molecule has 0 bridgehead atoms. The summed E-state index contributed by atoms with van der Waals surface area (Å²) in [6.07, 6.45) is 0.681. The second-order valence-electron chi connectivity index (χ2n) is 6.39. The van der Waals surface area contributed by atoms with Crippen molar-refractivity contribution in [2.75, 3.05) is 6.61 Å². The second kappa shape index (κ2) is 4.64. The summed E-state index contributed by atoms with van der Waals surface area (Å²) in [5, 5.41) is 0. The fraction of sp³-hybridized carbons (Fsp3) is 0.562. The van der Waals surface area contributed by atoms with Gasteiger partial charge in [0.1, 0.15) is 5.54 Å². The van der Waals surface area contributed by atoms with Gasteiger partial charge in [-0.3, -0.25) is 4.79 Å². The zero-order valence-corrected chi connectivity index (χ0v) is 12.2. The molecular weight excluding hydrogens is 238 g/mol. The summed E-state index contributed by atoms with van der Waals surface area (Å²) < 4.78 is 5.03. The van der Waals surface area contributed by atoms with Crippen LogP contribution in [0.2, 0.25) is 0 Å². The third kappa shape index (κ3) is 2.66. The molecule has 0 aromatic heterocycles. The lowest BCUT2D eigenvalue weighted by atomic mass is 9.86. The van der Waals surface area contributed by atoms with Crippen LogP contribution in [0.3, 0.4) is 0 Å². The lowest BCUT2D eigenvalue weighted by Gasteiger charge is -2.19. The Kier molecular flexibility index (Phi) is 3.43. The number of carbonyl (C=O) groups excluding carboxylic acids is 1. The minimum absolute atomic E-state index is 0.0977. The van der Waals surface area contributed by atoms with Gasteiger partial charge in [0, 0.05) is 5.92 Å². The Labute approximate surface area is 115 Å². The Morgan fingerprint density at radius 1 is 1.37 bits per heavy atom. The number of carbonyl (C=O) groups is 1. The van der Waals surface area contributed by atoms with Crippen molar-refractivity contribution in [3.8, 4) is 0 Å². The first-order chi connectivity index (χ1) is 8.79. The highest BCUT2D eigenvalue weighted by Gasteiger charge is 2.59. The summed E-state index contributed by atoms with van der Waals surface area (Å²) in [7, 11) is 0. The van der Waals surface area contributed by atoms with Gasteiger partial charge in [-0.1, -0.05) is 45.0 Å². The minimum atomic E-state index is -0.806. The third-order valence-corrected chi connectivity index (χ3v) is 3.84. The van der Waals surface area contributed by atoms with Gasteiger partial charge in [0.05, 0.1) is 6.61 Å². The number of ether oxygens (including phenoxy) is 1. The molecule has 2 N–H and O–H groups in total. The summed E-state index contributed by atoms with van der Waals surface area (Å²) in [4.78, 5) is 11.8. The minimum Gasteiger partial charge on any atom is -0.465 e. The van der Waals surface area contributed by atoms with Gasteiger partial charge in [-0.2, -0.15) is 0 Å². The van der Waals surface area contributed by atoms with Gasteiger partial charge >= 0.3 is 5.97 Å². The predicted molar refractivity (Wildman–Crippen MR) is 76.1 cm³/mol. The number of esters is 1. The van der Waals surface area contributed by atoms with Crippen LogP contribution < -0.4 is 5.73 Å². The highest BCUT2D eigenvalue weighted by atomic mass is 16.5. The van der Waals surface area contributed by atoms with E-state index in [-0.39, 0.29) is 17.3 Å². The first-order valence-corrected chi connectivity index (χ1v) is 6.85. The van der Waals surface area contributed by atoms with Crippen molar-refractivity contribution in [3.63, 3.8) is 0 Å². The van der Waals surface area contributed by atoms with E-state index in [4.69, 9.17) is 10.5 Å². The molecule has 1 aliphatic rings. The van der Waals surface area contributed by atoms with E-state index in [1.54, 1.807) is 6.92 Å². The molecule has 104 valence electrons. The summed E-state index contributed by atoms with van der Waals surface area (Å²) in [5.41, 5.74) is 7.85. The maximum absolute atomic E-state index is 11.8. The van der Waals surface area contributed by atoms with E-state index in [1.165, 1.54) is 5.56 Å². The first kappa shape index (κ1) is 14.1. The van der Waals surface area contributed by atoms with Crippen LogP contribution in [-0.2, 0) is 14.9 Å². The molecule has 19 heavy (non-hydrogen) atoms. The van der Waals surface area contributed by atoms with Crippen molar-refractivity contribution in [2.24, 2.45) is 5.73 Å². The van der Waals surface area contributed by atoms with E-state index in [9.17, 15) is 4.79 Å². The van der Waals surface area contributed by atoms with Crippen LogP contribution in [0, 0.1) is 0 Å². The largest absolute Gasteiger partial charge is 0.465 e. The summed E-state index contributed by atoms with van der Waals surface area (Å²) in [6, 6.07) is 8.41. The molecule has 2 atom stereocenters. The van der Waals surface area contributed by atoms with E-state index in [2.05, 4.69) is 45.0 Å². The van der Waals surface area contributed by atoms with Crippen molar-refractivity contribution in [1.29, 1.82) is 0 Å². The van der Waals surface area contributed by atoms with E-state index in [1.807, 2.05) is 0 Å². The molecule has 2 unspecified atom stereocenters. The van der Waals surface area contributed by atoms with Crippen LogP contribution in [0.25, 0.3) is 0 Å². The lowest BCUT2D eigenvalue weighted by Crippen LogP contribution is -2.36. The molecule has 1 saturated carbocycles. The van der Waals surface area contributed by atoms with E-state index >= 15 is 0 Å². The molecule has 0 radical (unpaired) electrons. The summed E-state index contributed by atoms with van der Waals surface area (Å²) in [6.45, 7) is 8.74. The Morgan fingerprint density at radius 3 is 2.42 bits per heavy atom. The second-order valence-corrected chi connectivity index (χ2v) is 6.39. The Morgan fingerprint density at radius 2 is 1.95 bits per heavy atom. The number of benzene rings is 1. The van der Waals surface area contributed by atoms with Gasteiger partial charge < -0.3 is 10.5 Å². The molecule has 1 fully saturated rings. The monoisotopic (exact) mass is 261 g/mol. The van der Waals surface area contributed by atoms with Crippen molar-refractivity contribution in [1.82, 2.24) is 0 Å². The highest BCUT2D eigenvalue weighted by Crippen LogP contribution is 2.50. The fourth-order valence-electron chi connectivity index (χ4n) is 2.40. The van der Waals surface area contributed by atoms with Crippen LogP contribution in [0.5, 0.6) is 0 Å². The number of hydrogen-bond acceptors (Lipinski definition) is 3. The molecule has 0 aliphatic heterocycles. The molecule has 0 saturated heterocycles. The standard InChI is InChI=1S/C16H23NO2/c1-5-19-14(18)16(17)10-13(16)11-6-8-12(9-7-11)15(2,3)4/h6-9,13H,5,10,17H2,1-4H3. The SMILES string of the molecule is CCOC(=O)C1(N)CC1c1ccc(C(C)(C)C)cc1. The molecule has 0 spiro atoms. The number of hydrogen-bond donors (Lipinski definition) is 1. The highest BCUT2D eigenvalue weighted by molar-refractivity contribution is 5.86. The van der Waals surface area contributed by atoms with E-state index in [0.717, 1.165) is 5.56 Å². The topological polar surface area (TPSA) is 52.3 Å². The molecule has 3 heteroatoms. The van der Waals surface area contributed by atoms with E-state index < -0.39 is 5.54 Å². The van der Waals surface area contributed by atoms with Crippen LogP contribution in [0.1, 0.15) is 51.2 Å². The van der Waals surface area contributed by atoms with Gasteiger partial charge in [0.2, 0.25) is 0 Å². The molecule has 1 aromatic rings. The van der Waals surface area contributed by atoms with Crippen LogP contribution in [-0.4, -0.2) is 18.1 Å². The molecule has 0 heterocycles. The van der Waals surface area contributed by atoms with Crippen LogP contribution in [0.15, 0.2) is 24.3 Å².